The number of amides is 2. The molecule has 0 atom stereocenters. The summed E-state index contributed by atoms with van der Waals surface area (Å²) in [6.07, 6.45) is 2.01. The molecule has 1 aromatic carbocycles. The van der Waals surface area contributed by atoms with E-state index in [2.05, 4.69) is 0 Å². The molecule has 2 N–H and O–H groups in total. The monoisotopic (exact) mass is 477 g/mol. The van der Waals surface area contributed by atoms with Crippen molar-refractivity contribution in [3.8, 4) is 5.75 Å². The van der Waals surface area contributed by atoms with Gasteiger partial charge in [0.1, 0.15) is 0 Å². The van der Waals surface area contributed by atoms with E-state index in [-0.39, 0.29) is 6.03 Å². The highest BCUT2D eigenvalue weighted by atomic mass is 35.5. The summed E-state index contributed by atoms with van der Waals surface area (Å²) in [7, 11) is 3.89. The Kier molecular flexibility index (Phi) is 14.1. The van der Waals surface area contributed by atoms with E-state index in [0.29, 0.717) is 54.1 Å². The van der Waals surface area contributed by atoms with Crippen molar-refractivity contribution in [2.45, 2.75) is 20.3 Å². The van der Waals surface area contributed by atoms with Crippen LogP contribution in [-0.2, 0) is 9.59 Å². The van der Waals surface area contributed by atoms with Crippen molar-refractivity contribution < 1.29 is 29.4 Å². The van der Waals surface area contributed by atoms with Gasteiger partial charge in [-0.2, -0.15) is 5.06 Å². The summed E-state index contributed by atoms with van der Waals surface area (Å²) >= 11 is 12.0. The lowest BCUT2D eigenvalue weighted by Crippen LogP contribution is -2.47. The third-order valence-electron chi connectivity index (χ3n) is 3.53. The molecule has 0 spiro atoms. The molecular weight excluding hydrogens is 449 g/mol. The lowest BCUT2D eigenvalue weighted by atomic mass is 10.3. The maximum absolute atomic E-state index is 12.7. The molecule has 9 nitrogen and oxygen atoms in total. The van der Waals surface area contributed by atoms with Crippen LogP contribution < -0.4 is 4.84 Å². The van der Waals surface area contributed by atoms with Gasteiger partial charge in [0, 0.05) is 54.0 Å². The molecule has 2 amide bonds. The van der Waals surface area contributed by atoms with Gasteiger partial charge in [-0.25, -0.2) is 14.4 Å². The highest BCUT2D eigenvalue weighted by Gasteiger charge is 2.21. The minimum absolute atomic E-state index is 0.160. The van der Waals surface area contributed by atoms with Crippen LogP contribution in [-0.4, -0.2) is 83.3 Å². The average molecular weight is 478 g/mol. The topological polar surface area (TPSA) is 111 Å². The molecule has 0 unspecified atom stereocenters. The Labute approximate surface area is 192 Å². The van der Waals surface area contributed by atoms with Gasteiger partial charge in [-0.3, -0.25) is 0 Å². The fraction of sp³-hybridized carbons (Fsp3) is 0.450. The number of halogens is 2. The number of hydrogen-bond donors (Lipinski definition) is 2. The van der Waals surface area contributed by atoms with Gasteiger partial charge in [-0.1, -0.05) is 30.1 Å². The number of hydrogen-bond acceptors (Lipinski definition) is 5. The zero-order valence-electron chi connectivity index (χ0n) is 18.0. The molecule has 0 heterocycles. The van der Waals surface area contributed by atoms with Crippen LogP contribution >= 0.6 is 23.2 Å². The van der Waals surface area contributed by atoms with Crippen molar-refractivity contribution in [3.05, 3.63) is 40.4 Å². The van der Waals surface area contributed by atoms with Crippen LogP contribution in [0.2, 0.25) is 10.0 Å². The SMILES string of the molecule is CCCN(CC)C(=O)N(CCN(C)C)Oc1cc(Cl)cc(Cl)c1.O=C(O)C=CC(=O)O. The number of aliphatic carboxylic acids is 2. The Bertz CT molecular complexity index is 722. The van der Waals surface area contributed by atoms with Gasteiger partial charge in [0.05, 0.1) is 6.54 Å². The van der Waals surface area contributed by atoms with E-state index in [1.54, 1.807) is 23.1 Å². The van der Waals surface area contributed by atoms with Crippen molar-refractivity contribution in [3.63, 3.8) is 0 Å². The highest BCUT2D eigenvalue weighted by molar-refractivity contribution is 6.34. The van der Waals surface area contributed by atoms with Crippen LogP contribution in [0.3, 0.4) is 0 Å². The first kappa shape index (κ1) is 28.5. The number of rotatable bonds is 10. The van der Waals surface area contributed by atoms with Gasteiger partial charge in [-0.05, 0) is 33.5 Å². The second-order valence-electron chi connectivity index (χ2n) is 6.47. The quantitative estimate of drug-likeness (QED) is 0.390. The van der Waals surface area contributed by atoms with E-state index in [4.69, 9.17) is 38.3 Å². The molecule has 174 valence electrons. The van der Waals surface area contributed by atoms with E-state index < -0.39 is 11.9 Å². The minimum Gasteiger partial charge on any atom is -0.478 e. The highest BCUT2D eigenvalue weighted by Crippen LogP contribution is 2.25. The van der Waals surface area contributed by atoms with Crippen LogP contribution in [0.4, 0.5) is 4.79 Å². The van der Waals surface area contributed by atoms with Crippen LogP contribution in [0.1, 0.15) is 20.3 Å². The minimum atomic E-state index is -1.26. The first-order valence-electron chi connectivity index (χ1n) is 9.49. The first-order valence-corrected chi connectivity index (χ1v) is 10.2. The van der Waals surface area contributed by atoms with Gasteiger partial charge in [0.15, 0.2) is 5.75 Å². The molecule has 0 saturated heterocycles. The zero-order valence-corrected chi connectivity index (χ0v) is 19.6. The largest absolute Gasteiger partial charge is 0.478 e. The van der Waals surface area contributed by atoms with E-state index in [0.717, 1.165) is 6.42 Å². The zero-order chi connectivity index (χ0) is 24.0. The molecule has 0 radical (unpaired) electrons. The summed E-state index contributed by atoms with van der Waals surface area (Å²) in [5, 5.41) is 17.9. The number of hydroxylamine groups is 2. The number of urea groups is 1. The Morgan fingerprint density at radius 2 is 1.45 bits per heavy atom. The fourth-order valence-electron chi connectivity index (χ4n) is 2.14. The second kappa shape index (κ2) is 15.3. The van der Waals surface area contributed by atoms with E-state index in [1.807, 2.05) is 32.8 Å². The maximum Gasteiger partial charge on any atom is 0.353 e. The number of likely N-dealkylation sites (N-methyl/N-ethyl adjacent to an activating group) is 1. The molecule has 0 aromatic heterocycles. The van der Waals surface area contributed by atoms with Crippen molar-refractivity contribution in [2.75, 3.05) is 40.3 Å². The summed E-state index contributed by atoms with van der Waals surface area (Å²) in [6.45, 7) is 6.43. The van der Waals surface area contributed by atoms with Gasteiger partial charge in [0.25, 0.3) is 0 Å². The maximum atomic E-state index is 12.7. The summed E-state index contributed by atoms with van der Waals surface area (Å²) < 4.78 is 0. The molecule has 0 aliphatic heterocycles. The Balaban J connectivity index is 0.000000954. The van der Waals surface area contributed by atoms with Gasteiger partial charge < -0.3 is 24.9 Å². The smallest absolute Gasteiger partial charge is 0.353 e. The number of carboxylic acids is 2. The van der Waals surface area contributed by atoms with Crippen LogP contribution in [0, 0.1) is 0 Å². The second-order valence-corrected chi connectivity index (χ2v) is 7.35. The molecule has 1 aromatic rings. The summed E-state index contributed by atoms with van der Waals surface area (Å²) in [6, 6.07) is 4.74. The molecule has 0 aliphatic rings. The predicted octanol–water partition coefficient (Wildman–Crippen LogP) is 3.71. The first-order chi connectivity index (χ1) is 14.5. The molecular formula is C20H29Cl2N3O6. The summed E-state index contributed by atoms with van der Waals surface area (Å²) in [5.41, 5.74) is 0. The van der Waals surface area contributed by atoms with E-state index in [9.17, 15) is 14.4 Å². The fourth-order valence-corrected chi connectivity index (χ4v) is 2.64. The Morgan fingerprint density at radius 1 is 0.935 bits per heavy atom. The van der Waals surface area contributed by atoms with Gasteiger partial charge in [-0.15, -0.1) is 0 Å². The van der Waals surface area contributed by atoms with Gasteiger partial charge >= 0.3 is 18.0 Å². The molecule has 31 heavy (non-hydrogen) atoms. The predicted molar refractivity (Wildman–Crippen MR) is 120 cm³/mol. The standard InChI is InChI=1S/C16H25Cl2N3O2.C4H4O4/c1-5-7-20(6-2)16(22)21(9-8-19(3)4)23-15-11-13(17)10-14(18)12-15;5-3(6)1-2-4(7)8/h10-12H,5-9H2,1-4H3;1-2H,(H,5,6)(H,7,8). The van der Waals surface area contributed by atoms with E-state index >= 15 is 0 Å². The average Bonchev–Trinajstić information content (AvgIpc) is 2.66. The van der Waals surface area contributed by atoms with Crippen molar-refractivity contribution >= 4 is 41.2 Å². The molecule has 0 fully saturated rings. The third kappa shape index (κ3) is 13.4. The summed E-state index contributed by atoms with van der Waals surface area (Å²) in [5.74, 6) is -2.07. The molecule has 0 saturated carbocycles. The number of carbonyl (C=O) groups is 3. The lowest BCUT2D eigenvalue weighted by Gasteiger charge is -2.30. The van der Waals surface area contributed by atoms with Crippen molar-refractivity contribution in [2.24, 2.45) is 0 Å². The number of benzene rings is 1. The number of nitrogens with zero attached hydrogens (tertiary/aromatic N) is 3. The normalized spacial score (nSPS) is 10.4. The Hall–Kier alpha value is -2.49. The third-order valence-corrected chi connectivity index (χ3v) is 3.97. The molecule has 0 bridgehead atoms. The molecule has 11 heteroatoms. The molecule has 1 rings (SSSR count). The van der Waals surface area contributed by atoms with Crippen molar-refractivity contribution in [1.29, 1.82) is 0 Å². The van der Waals surface area contributed by atoms with Crippen LogP contribution in [0.25, 0.3) is 0 Å². The lowest BCUT2D eigenvalue weighted by molar-refractivity contribution is -0.134. The summed E-state index contributed by atoms with van der Waals surface area (Å²) in [4.78, 5) is 41.3. The number of carbonyl (C=O) groups excluding carboxylic acids is 1. The van der Waals surface area contributed by atoms with Crippen LogP contribution in [0.15, 0.2) is 30.4 Å². The Morgan fingerprint density at radius 3 is 1.84 bits per heavy atom. The van der Waals surface area contributed by atoms with Crippen LogP contribution in [0.5, 0.6) is 5.75 Å². The molecule has 0 aliphatic carbocycles. The van der Waals surface area contributed by atoms with Crippen molar-refractivity contribution in [1.82, 2.24) is 14.9 Å². The number of carboxylic acid groups (broad SMARTS) is 2. The van der Waals surface area contributed by atoms with E-state index in [1.165, 1.54) is 5.06 Å². The van der Waals surface area contributed by atoms with Gasteiger partial charge in [0.2, 0.25) is 0 Å².